The highest BCUT2D eigenvalue weighted by atomic mass is 32.3. The number of fused-ring (bicyclic) bond motifs is 1. The second-order valence-corrected chi connectivity index (χ2v) is 8.38. The molecule has 0 spiro atoms. The molecule has 3 rings (SSSR count). The van der Waals surface area contributed by atoms with Gasteiger partial charge in [-0.05, 0) is 36.4 Å². The van der Waals surface area contributed by atoms with E-state index in [0.717, 1.165) is 12.1 Å². The molecule has 0 aromatic heterocycles. The van der Waals surface area contributed by atoms with E-state index in [1.807, 2.05) is 5.43 Å². The smallest absolute Gasteiger partial charge is 0.275 e. The monoisotopic (exact) mass is 354 g/mol. The minimum atomic E-state index is -4.40. The minimum Gasteiger partial charge on any atom is -0.508 e. The number of nitrogens with zero attached hydrogens (tertiary/aromatic N) is 1. The van der Waals surface area contributed by atoms with Gasteiger partial charge in [-0.2, -0.15) is 0 Å². The van der Waals surface area contributed by atoms with Gasteiger partial charge in [-0.1, -0.05) is 12.1 Å². The number of sulfonamides is 2. The van der Waals surface area contributed by atoms with Crippen LogP contribution in [0, 0.1) is 0 Å². The zero-order valence-corrected chi connectivity index (χ0v) is 13.0. The molecule has 0 atom stereocenters. The molecular formula is C13H10N2O6S2. The first-order valence-corrected chi connectivity index (χ1v) is 9.12. The van der Waals surface area contributed by atoms with Gasteiger partial charge in [0.2, 0.25) is 0 Å². The van der Waals surface area contributed by atoms with Crippen molar-refractivity contribution in [3.05, 3.63) is 54.1 Å². The largest absolute Gasteiger partial charge is 0.508 e. The van der Waals surface area contributed by atoms with E-state index >= 15 is 0 Å². The standard InChI is InChI=1S/C13H10N2O6S2/c16-10-7-5-9(6-8-10)13(17)14-15-22(18,19)11-3-1-2-4-12(11)23(15,20)21/h1-8,16H,(H,14,17). The van der Waals surface area contributed by atoms with E-state index in [1.54, 1.807) is 0 Å². The summed E-state index contributed by atoms with van der Waals surface area (Å²) in [6, 6.07) is 9.96. The van der Waals surface area contributed by atoms with E-state index in [9.17, 15) is 26.7 Å². The van der Waals surface area contributed by atoms with Crippen LogP contribution in [0.3, 0.4) is 0 Å². The Morgan fingerprint density at radius 3 is 1.83 bits per heavy atom. The van der Waals surface area contributed by atoms with Crippen LogP contribution >= 0.6 is 0 Å². The lowest BCUT2D eigenvalue weighted by Gasteiger charge is -2.14. The molecule has 2 aromatic carbocycles. The Balaban J connectivity index is 2.01. The van der Waals surface area contributed by atoms with Crippen molar-refractivity contribution in [3.8, 4) is 5.75 Å². The minimum absolute atomic E-state index is 0.0100. The molecule has 2 aromatic rings. The number of hydrogen-bond donors (Lipinski definition) is 2. The number of rotatable bonds is 2. The van der Waals surface area contributed by atoms with Crippen molar-refractivity contribution in [1.82, 2.24) is 9.25 Å². The van der Waals surface area contributed by atoms with Crippen LogP contribution in [0.25, 0.3) is 0 Å². The van der Waals surface area contributed by atoms with Crippen LogP contribution in [0.2, 0.25) is 0 Å². The highest BCUT2D eigenvalue weighted by Crippen LogP contribution is 2.34. The molecule has 1 aliphatic heterocycles. The maximum atomic E-state index is 12.3. The highest BCUT2D eigenvalue weighted by Gasteiger charge is 2.48. The topological polar surface area (TPSA) is 121 Å². The summed E-state index contributed by atoms with van der Waals surface area (Å²) in [7, 11) is -8.80. The Morgan fingerprint density at radius 1 is 0.870 bits per heavy atom. The van der Waals surface area contributed by atoms with E-state index in [1.165, 1.54) is 36.4 Å². The summed E-state index contributed by atoms with van der Waals surface area (Å²) >= 11 is 0. The van der Waals surface area contributed by atoms with Gasteiger partial charge in [0.1, 0.15) is 15.5 Å². The quantitative estimate of drug-likeness (QED) is 0.807. The summed E-state index contributed by atoms with van der Waals surface area (Å²) in [5.74, 6) is -1.03. The van der Waals surface area contributed by atoms with Gasteiger partial charge in [-0.3, -0.25) is 10.2 Å². The average molecular weight is 354 g/mol. The average Bonchev–Trinajstić information content (AvgIpc) is 2.66. The second kappa shape index (κ2) is 5.05. The highest BCUT2D eigenvalue weighted by molar-refractivity contribution is 8.06. The molecule has 0 radical (unpaired) electrons. The predicted molar refractivity (Wildman–Crippen MR) is 78.2 cm³/mol. The van der Waals surface area contributed by atoms with Gasteiger partial charge in [-0.15, -0.1) is 0 Å². The summed E-state index contributed by atoms with van der Waals surface area (Å²) in [5, 5.41) is 9.17. The van der Waals surface area contributed by atoms with Crippen molar-refractivity contribution < 1.29 is 26.7 Å². The molecule has 1 amide bonds. The number of amides is 1. The van der Waals surface area contributed by atoms with Crippen LogP contribution < -0.4 is 5.43 Å². The normalized spacial score (nSPS) is 18.3. The van der Waals surface area contributed by atoms with Crippen LogP contribution in [0.4, 0.5) is 0 Å². The van der Waals surface area contributed by atoms with Crippen molar-refractivity contribution in [2.75, 3.05) is 0 Å². The summed E-state index contributed by atoms with van der Waals surface area (Å²) in [6.45, 7) is 0. The number of aromatic hydroxyl groups is 1. The molecule has 2 N–H and O–H groups in total. The van der Waals surface area contributed by atoms with Gasteiger partial charge in [0, 0.05) is 9.38 Å². The van der Waals surface area contributed by atoms with Crippen molar-refractivity contribution in [1.29, 1.82) is 0 Å². The number of benzene rings is 2. The molecule has 0 aliphatic carbocycles. The van der Waals surface area contributed by atoms with Crippen LogP contribution in [0.5, 0.6) is 5.75 Å². The van der Waals surface area contributed by atoms with Gasteiger partial charge < -0.3 is 5.11 Å². The summed E-state index contributed by atoms with van der Waals surface area (Å²) in [5.41, 5.74) is 1.87. The molecule has 120 valence electrons. The Labute approximate surface area is 132 Å². The number of nitrogens with one attached hydrogen (secondary N) is 1. The first kappa shape index (κ1) is 15.5. The fourth-order valence-electron chi connectivity index (χ4n) is 2.06. The fraction of sp³-hybridized carbons (Fsp3) is 0. The second-order valence-electron chi connectivity index (χ2n) is 4.64. The number of hydrazine groups is 1. The van der Waals surface area contributed by atoms with Gasteiger partial charge in [0.25, 0.3) is 26.0 Å². The van der Waals surface area contributed by atoms with E-state index < -0.39 is 35.7 Å². The molecule has 8 nitrogen and oxygen atoms in total. The first-order chi connectivity index (χ1) is 10.7. The lowest BCUT2D eigenvalue weighted by molar-refractivity contribution is 0.0915. The summed E-state index contributed by atoms with van der Waals surface area (Å²) < 4.78 is 49.2. The molecule has 1 heterocycles. The van der Waals surface area contributed by atoms with Crippen molar-refractivity contribution in [2.45, 2.75) is 9.79 Å². The molecule has 0 saturated heterocycles. The Bertz CT molecular complexity index is 944. The molecule has 23 heavy (non-hydrogen) atoms. The zero-order valence-electron chi connectivity index (χ0n) is 11.4. The molecule has 0 unspecified atom stereocenters. The molecule has 0 saturated carbocycles. The third kappa shape index (κ3) is 2.36. The van der Waals surface area contributed by atoms with Crippen molar-refractivity contribution >= 4 is 26.0 Å². The fourth-order valence-corrected chi connectivity index (χ4v) is 6.12. The number of phenolic OH excluding ortho intramolecular Hbond substituents is 1. The van der Waals surface area contributed by atoms with E-state index in [4.69, 9.17) is 0 Å². The SMILES string of the molecule is O=C(NN1S(=O)(=O)c2ccccc2S1(=O)=O)c1ccc(O)cc1. The lowest BCUT2D eigenvalue weighted by Crippen LogP contribution is -2.45. The Morgan fingerprint density at radius 2 is 1.35 bits per heavy atom. The number of carbonyl (C=O) groups is 1. The Hall–Kier alpha value is -2.43. The van der Waals surface area contributed by atoms with Crippen LogP contribution in [0.1, 0.15) is 10.4 Å². The lowest BCUT2D eigenvalue weighted by atomic mass is 10.2. The molecule has 0 fully saturated rings. The summed E-state index contributed by atoms with van der Waals surface area (Å²) in [6.07, 6.45) is 0. The molecule has 1 aliphatic rings. The molecule has 0 bridgehead atoms. The van der Waals surface area contributed by atoms with Crippen molar-refractivity contribution in [2.24, 2.45) is 0 Å². The van der Waals surface area contributed by atoms with Gasteiger partial charge in [-0.25, -0.2) is 16.8 Å². The predicted octanol–water partition coefficient (Wildman–Crippen LogP) is 0.430. The molecule has 10 heteroatoms. The van der Waals surface area contributed by atoms with Crippen LogP contribution in [0.15, 0.2) is 58.3 Å². The van der Waals surface area contributed by atoms with Crippen LogP contribution in [-0.2, 0) is 20.0 Å². The van der Waals surface area contributed by atoms with Crippen molar-refractivity contribution in [3.63, 3.8) is 0 Å². The van der Waals surface area contributed by atoms with Gasteiger partial charge in [0.05, 0.1) is 0 Å². The maximum Gasteiger partial charge on any atom is 0.275 e. The third-order valence-corrected chi connectivity index (χ3v) is 7.35. The first-order valence-electron chi connectivity index (χ1n) is 6.24. The zero-order chi connectivity index (χ0) is 16.8. The van der Waals surface area contributed by atoms with Crippen LogP contribution in [-0.4, -0.2) is 31.7 Å². The number of phenols is 1. The van der Waals surface area contributed by atoms with Gasteiger partial charge in [0.15, 0.2) is 0 Å². The maximum absolute atomic E-state index is 12.3. The third-order valence-electron chi connectivity index (χ3n) is 3.16. The van der Waals surface area contributed by atoms with E-state index in [2.05, 4.69) is 0 Å². The number of hydrogen-bond acceptors (Lipinski definition) is 6. The van der Waals surface area contributed by atoms with Gasteiger partial charge >= 0.3 is 0 Å². The summed E-state index contributed by atoms with van der Waals surface area (Å²) in [4.78, 5) is 11.3. The van der Waals surface area contributed by atoms with E-state index in [-0.39, 0.29) is 15.1 Å². The number of carbonyl (C=O) groups excluding carboxylic acids is 1. The Kier molecular flexibility index (Phi) is 3.39. The van der Waals surface area contributed by atoms with E-state index in [0.29, 0.717) is 0 Å². The molecular weight excluding hydrogens is 344 g/mol.